The molecule has 1 heterocycles. The summed E-state index contributed by atoms with van der Waals surface area (Å²) in [4.78, 5) is 4.82. The number of imidazole rings is 1. The summed E-state index contributed by atoms with van der Waals surface area (Å²) >= 11 is 0. The summed E-state index contributed by atoms with van der Waals surface area (Å²) in [6.07, 6.45) is 0. The number of halogens is 1. The molecular formula is C18H21ClN2. The summed E-state index contributed by atoms with van der Waals surface area (Å²) in [5.41, 5.74) is 3.61. The fraction of sp³-hybridized carbons (Fsp3) is 0.278. The minimum absolute atomic E-state index is 0. The van der Waals surface area contributed by atoms with Gasteiger partial charge in [-0.15, -0.1) is 12.4 Å². The highest BCUT2D eigenvalue weighted by atomic mass is 35.5. The highest BCUT2D eigenvalue weighted by Gasteiger charge is 2.18. The average molecular weight is 301 g/mol. The van der Waals surface area contributed by atoms with Gasteiger partial charge in [-0.25, -0.2) is 4.98 Å². The predicted molar refractivity (Wildman–Crippen MR) is 91.3 cm³/mol. The zero-order valence-electron chi connectivity index (χ0n) is 12.7. The normalized spacial score (nSPS) is 12.4. The molecule has 0 N–H and O–H groups in total. The van der Waals surface area contributed by atoms with Gasteiger partial charge in [-0.05, 0) is 24.6 Å². The number of hydrogen-bond acceptors (Lipinski definition) is 1. The van der Waals surface area contributed by atoms with Crippen LogP contribution in [-0.4, -0.2) is 9.55 Å². The van der Waals surface area contributed by atoms with E-state index in [0.717, 1.165) is 11.3 Å². The standard InChI is InChI=1S/C18H20N2.ClH/c1-13(2)18-19-16-11-7-8-12-17(16)20(18)14(3)15-9-5-4-6-10-15;/h4-14H,1-3H3;1H. The molecule has 0 saturated heterocycles. The van der Waals surface area contributed by atoms with Crippen LogP contribution in [0.1, 0.15) is 44.1 Å². The molecule has 0 fully saturated rings. The van der Waals surface area contributed by atoms with Gasteiger partial charge in [-0.2, -0.15) is 0 Å². The monoisotopic (exact) mass is 300 g/mol. The topological polar surface area (TPSA) is 17.8 Å². The maximum atomic E-state index is 4.82. The first-order valence-corrected chi connectivity index (χ1v) is 7.20. The third-order valence-electron chi connectivity index (χ3n) is 3.81. The number of benzene rings is 2. The first kappa shape index (κ1) is 15.6. The van der Waals surface area contributed by atoms with Crippen molar-refractivity contribution < 1.29 is 0 Å². The van der Waals surface area contributed by atoms with Gasteiger partial charge in [0.2, 0.25) is 0 Å². The Balaban J connectivity index is 0.00000161. The third-order valence-corrected chi connectivity index (χ3v) is 3.81. The van der Waals surface area contributed by atoms with Crippen LogP contribution in [0.25, 0.3) is 11.0 Å². The van der Waals surface area contributed by atoms with Crippen molar-refractivity contribution in [3.05, 3.63) is 66.0 Å². The van der Waals surface area contributed by atoms with Gasteiger partial charge in [0.05, 0.1) is 17.1 Å². The molecule has 0 spiro atoms. The fourth-order valence-corrected chi connectivity index (χ4v) is 2.76. The minimum Gasteiger partial charge on any atom is -0.320 e. The van der Waals surface area contributed by atoms with E-state index in [1.165, 1.54) is 11.1 Å². The van der Waals surface area contributed by atoms with Crippen LogP contribution < -0.4 is 0 Å². The molecule has 0 amide bonds. The third kappa shape index (κ3) is 2.81. The molecule has 0 saturated carbocycles. The van der Waals surface area contributed by atoms with Crippen molar-refractivity contribution in [2.45, 2.75) is 32.7 Å². The summed E-state index contributed by atoms with van der Waals surface area (Å²) < 4.78 is 2.37. The Morgan fingerprint density at radius 2 is 1.48 bits per heavy atom. The van der Waals surface area contributed by atoms with Gasteiger partial charge in [0.25, 0.3) is 0 Å². The molecule has 1 aromatic heterocycles. The van der Waals surface area contributed by atoms with E-state index in [0.29, 0.717) is 12.0 Å². The SMILES string of the molecule is CC(C)c1nc2ccccc2n1C(C)c1ccccc1.Cl. The van der Waals surface area contributed by atoms with Gasteiger partial charge in [0, 0.05) is 5.92 Å². The first-order valence-electron chi connectivity index (χ1n) is 7.20. The van der Waals surface area contributed by atoms with Gasteiger partial charge in [0.15, 0.2) is 0 Å². The van der Waals surface area contributed by atoms with Crippen LogP contribution in [0.5, 0.6) is 0 Å². The van der Waals surface area contributed by atoms with Crippen LogP contribution in [0, 0.1) is 0 Å². The molecule has 21 heavy (non-hydrogen) atoms. The Morgan fingerprint density at radius 1 is 0.857 bits per heavy atom. The van der Waals surface area contributed by atoms with Gasteiger partial charge in [-0.1, -0.05) is 56.3 Å². The Morgan fingerprint density at radius 3 is 2.14 bits per heavy atom. The lowest BCUT2D eigenvalue weighted by Gasteiger charge is -2.19. The van der Waals surface area contributed by atoms with Gasteiger partial charge >= 0.3 is 0 Å². The summed E-state index contributed by atoms with van der Waals surface area (Å²) in [6.45, 7) is 6.65. The zero-order chi connectivity index (χ0) is 14.1. The molecule has 2 aromatic carbocycles. The molecule has 1 atom stereocenters. The summed E-state index contributed by atoms with van der Waals surface area (Å²) in [6, 6.07) is 19.3. The highest BCUT2D eigenvalue weighted by molar-refractivity contribution is 5.85. The van der Waals surface area contributed by atoms with Crippen LogP contribution in [0.15, 0.2) is 54.6 Å². The largest absolute Gasteiger partial charge is 0.320 e. The molecule has 2 nitrogen and oxygen atoms in total. The van der Waals surface area contributed by atoms with Crippen LogP contribution in [0.3, 0.4) is 0 Å². The zero-order valence-corrected chi connectivity index (χ0v) is 13.5. The number of hydrogen-bond donors (Lipinski definition) is 0. The van der Waals surface area contributed by atoms with Crippen LogP contribution in [0.2, 0.25) is 0 Å². The van der Waals surface area contributed by atoms with Crippen molar-refractivity contribution in [2.75, 3.05) is 0 Å². The van der Waals surface area contributed by atoms with Crippen molar-refractivity contribution in [3.63, 3.8) is 0 Å². The van der Waals surface area contributed by atoms with Crippen LogP contribution in [0.4, 0.5) is 0 Å². The van der Waals surface area contributed by atoms with Gasteiger partial charge < -0.3 is 4.57 Å². The maximum absolute atomic E-state index is 4.82. The van der Waals surface area contributed by atoms with E-state index >= 15 is 0 Å². The second-order valence-electron chi connectivity index (χ2n) is 5.57. The Labute approximate surface area is 132 Å². The molecule has 110 valence electrons. The number of fused-ring (bicyclic) bond motifs is 1. The Hall–Kier alpha value is -1.80. The Kier molecular flexibility index (Phi) is 4.69. The lowest BCUT2D eigenvalue weighted by atomic mass is 10.1. The average Bonchev–Trinajstić information content (AvgIpc) is 2.87. The van der Waals surface area contributed by atoms with Crippen molar-refractivity contribution in [2.24, 2.45) is 0 Å². The number of para-hydroxylation sites is 2. The van der Waals surface area contributed by atoms with Gasteiger partial charge in [0.1, 0.15) is 5.82 Å². The van der Waals surface area contributed by atoms with E-state index in [2.05, 4.69) is 79.9 Å². The summed E-state index contributed by atoms with van der Waals surface area (Å²) in [5, 5.41) is 0. The van der Waals surface area contributed by atoms with Crippen molar-refractivity contribution in [3.8, 4) is 0 Å². The van der Waals surface area contributed by atoms with Crippen molar-refractivity contribution in [1.82, 2.24) is 9.55 Å². The molecule has 0 aliphatic carbocycles. The number of nitrogens with zero attached hydrogens (tertiary/aromatic N) is 2. The first-order chi connectivity index (χ1) is 9.68. The molecule has 0 radical (unpaired) electrons. The number of rotatable bonds is 3. The lowest BCUT2D eigenvalue weighted by molar-refractivity contribution is 0.593. The summed E-state index contributed by atoms with van der Waals surface area (Å²) in [7, 11) is 0. The van der Waals surface area contributed by atoms with E-state index in [1.807, 2.05) is 0 Å². The van der Waals surface area contributed by atoms with Crippen molar-refractivity contribution >= 4 is 23.4 Å². The Bertz CT molecular complexity index is 716. The predicted octanol–water partition coefficient (Wildman–Crippen LogP) is 5.19. The summed E-state index contributed by atoms with van der Waals surface area (Å²) in [5.74, 6) is 1.57. The van der Waals surface area contributed by atoms with E-state index in [4.69, 9.17) is 4.98 Å². The smallest absolute Gasteiger partial charge is 0.113 e. The molecule has 0 aliphatic heterocycles. The van der Waals surface area contributed by atoms with E-state index < -0.39 is 0 Å². The number of aromatic nitrogens is 2. The van der Waals surface area contributed by atoms with E-state index in [9.17, 15) is 0 Å². The molecular weight excluding hydrogens is 280 g/mol. The molecule has 3 aromatic rings. The second-order valence-corrected chi connectivity index (χ2v) is 5.57. The minimum atomic E-state index is 0. The van der Waals surface area contributed by atoms with E-state index in [-0.39, 0.29) is 12.4 Å². The quantitative estimate of drug-likeness (QED) is 0.651. The van der Waals surface area contributed by atoms with Crippen molar-refractivity contribution in [1.29, 1.82) is 0 Å². The van der Waals surface area contributed by atoms with Gasteiger partial charge in [-0.3, -0.25) is 0 Å². The molecule has 0 bridgehead atoms. The fourth-order valence-electron chi connectivity index (χ4n) is 2.76. The second kappa shape index (κ2) is 6.31. The molecule has 3 heteroatoms. The van der Waals surface area contributed by atoms with Crippen LogP contribution >= 0.6 is 12.4 Å². The molecule has 3 rings (SSSR count). The maximum Gasteiger partial charge on any atom is 0.113 e. The highest BCUT2D eigenvalue weighted by Crippen LogP contribution is 2.29. The molecule has 1 unspecified atom stereocenters. The lowest BCUT2D eigenvalue weighted by Crippen LogP contribution is -2.11. The van der Waals surface area contributed by atoms with Crippen LogP contribution in [-0.2, 0) is 0 Å². The molecule has 0 aliphatic rings. The van der Waals surface area contributed by atoms with E-state index in [1.54, 1.807) is 0 Å².